The molecule has 0 bridgehead atoms. The molecule has 38 heavy (non-hydrogen) atoms. The highest BCUT2D eigenvalue weighted by atomic mass is 79.9. The van der Waals surface area contributed by atoms with E-state index in [1.807, 2.05) is 0 Å². The van der Waals surface area contributed by atoms with Crippen LogP contribution in [0.4, 0.5) is 0 Å². The summed E-state index contributed by atoms with van der Waals surface area (Å²) < 4.78 is 7.37. The van der Waals surface area contributed by atoms with Crippen LogP contribution in [0.15, 0.2) is 71.2 Å². The summed E-state index contributed by atoms with van der Waals surface area (Å²) >= 11 is 15.8. The normalized spacial score (nSPS) is 19.0. The largest absolute Gasteiger partial charge is 0.489 e. The van der Waals surface area contributed by atoms with Crippen LogP contribution in [0.5, 0.6) is 5.75 Å². The van der Waals surface area contributed by atoms with Gasteiger partial charge in [0.05, 0.1) is 14.5 Å². The van der Waals surface area contributed by atoms with Crippen molar-refractivity contribution in [1.82, 2.24) is 15.1 Å². The SMILES string of the molecule is O=C(N[C@H]1CCN(Cc2ccc(OC3CCN(Cc4ccccc4)CC3)c(Br)c2)C1)c1ccc(Cl)c(Cl)c1. The van der Waals surface area contributed by atoms with Crippen molar-refractivity contribution in [2.24, 2.45) is 0 Å². The summed E-state index contributed by atoms with van der Waals surface area (Å²) in [5.74, 6) is 0.786. The smallest absolute Gasteiger partial charge is 0.251 e. The molecular formula is C30H32BrCl2N3O2. The van der Waals surface area contributed by atoms with Gasteiger partial charge in [0.1, 0.15) is 11.9 Å². The predicted molar refractivity (Wildman–Crippen MR) is 157 cm³/mol. The molecule has 0 saturated carbocycles. The fourth-order valence-corrected chi connectivity index (χ4v) is 6.02. The molecule has 1 amide bonds. The summed E-state index contributed by atoms with van der Waals surface area (Å²) in [6, 6.07) is 22.1. The minimum atomic E-state index is -0.120. The van der Waals surface area contributed by atoms with Crippen LogP contribution in [0.3, 0.4) is 0 Å². The zero-order chi connectivity index (χ0) is 26.5. The first-order valence-corrected chi connectivity index (χ1v) is 14.7. The van der Waals surface area contributed by atoms with Crippen LogP contribution < -0.4 is 10.1 Å². The second-order valence-electron chi connectivity index (χ2n) is 10.2. The molecule has 0 spiro atoms. The molecule has 2 saturated heterocycles. The maximum atomic E-state index is 12.6. The maximum Gasteiger partial charge on any atom is 0.251 e. The molecule has 2 aliphatic heterocycles. The number of rotatable bonds is 8. The second-order valence-corrected chi connectivity index (χ2v) is 11.8. The van der Waals surface area contributed by atoms with E-state index >= 15 is 0 Å². The Bertz CT molecular complexity index is 1250. The fraction of sp³-hybridized carbons (Fsp3) is 0.367. The first-order chi connectivity index (χ1) is 18.4. The maximum absolute atomic E-state index is 12.6. The van der Waals surface area contributed by atoms with Crippen molar-refractivity contribution >= 4 is 45.0 Å². The number of nitrogens with one attached hydrogen (secondary N) is 1. The van der Waals surface area contributed by atoms with Gasteiger partial charge < -0.3 is 10.1 Å². The van der Waals surface area contributed by atoms with Gasteiger partial charge >= 0.3 is 0 Å². The van der Waals surface area contributed by atoms with Gasteiger partial charge in [-0.25, -0.2) is 0 Å². The highest BCUT2D eigenvalue weighted by molar-refractivity contribution is 9.10. The van der Waals surface area contributed by atoms with Crippen molar-refractivity contribution in [3.05, 3.63) is 97.9 Å². The molecule has 5 rings (SSSR count). The molecule has 0 aromatic heterocycles. The molecule has 2 heterocycles. The monoisotopic (exact) mass is 615 g/mol. The van der Waals surface area contributed by atoms with Gasteiger partial charge in [-0.05, 0) is 76.7 Å². The second kappa shape index (κ2) is 12.8. The van der Waals surface area contributed by atoms with Gasteiger partial charge in [-0.3, -0.25) is 14.6 Å². The van der Waals surface area contributed by atoms with E-state index in [0.29, 0.717) is 15.6 Å². The van der Waals surface area contributed by atoms with Crippen LogP contribution in [-0.4, -0.2) is 54.0 Å². The zero-order valence-corrected chi connectivity index (χ0v) is 24.3. The van der Waals surface area contributed by atoms with Crippen LogP contribution in [0, 0.1) is 0 Å². The van der Waals surface area contributed by atoms with E-state index < -0.39 is 0 Å². The molecule has 3 aromatic carbocycles. The zero-order valence-electron chi connectivity index (χ0n) is 21.2. The van der Waals surface area contributed by atoms with E-state index in [0.717, 1.165) is 68.8 Å². The van der Waals surface area contributed by atoms with Gasteiger partial charge in [-0.2, -0.15) is 0 Å². The summed E-state index contributed by atoms with van der Waals surface area (Å²) in [5.41, 5.74) is 3.11. The molecule has 5 nitrogen and oxygen atoms in total. The molecule has 0 unspecified atom stereocenters. The third-order valence-corrected chi connectivity index (χ3v) is 8.63. The topological polar surface area (TPSA) is 44.8 Å². The summed E-state index contributed by atoms with van der Waals surface area (Å²) in [7, 11) is 0. The molecule has 3 aromatic rings. The Morgan fingerprint density at radius 3 is 2.34 bits per heavy atom. The molecule has 0 aliphatic carbocycles. The van der Waals surface area contributed by atoms with E-state index in [-0.39, 0.29) is 18.1 Å². The van der Waals surface area contributed by atoms with Crippen molar-refractivity contribution in [3.63, 3.8) is 0 Å². The third kappa shape index (κ3) is 7.30. The number of piperidine rings is 1. The van der Waals surface area contributed by atoms with E-state index in [2.05, 4.69) is 79.6 Å². The average molecular weight is 617 g/mol. The molecule has 1 N–H and O–H groups in total. The fourth-order valence-electron chi connectivity index (χ4n) is 5.20. The molecule has 2 fully saturated rings. The lowest BCUT2D eigenvalue weighted by atomic mass is 10.1. The lowest BCUT2D eigenvalue weighted by Crippen LogP contribution is -2.37. The first-order valence-electron chi connectivity index (χ1n) is 13.1. The van der Waals surface area contributed by atoms with Crippen LogP contribution in [0.2, 0.25) is 10.0 Å². The van der Waals surface area contributed by atoms with Gasteiger partial charge in [0.2, 0.25) is 0 Å². The van der Waals surface area contributed by atoms with Crippen LogP contribution in [0.1, 0.15) is 40.7 Å². The third-order valence-electron chi connectivity index (χ3n) is 7.27. The summed E-state index contributed by atoms with van der Waals surface area (Å²) in [5, 5.41) is 3.96. The van der Waals surface area contributed by atoms with Gasteiger partial charge in [0, 0.05) is 50.9 Å². The Morgan fingerprint density at radius 1 is 0.868 bits per heavy atom. The summed E-state index contributed by atoms with van der Waals surface area (Å²) in [4.78, 5) is 17.5. The van der Waals surface area contributed by atoms with E-state index in [1.165, 1.54) is 11.1 Å². The molecule has 0 radical (unpaired) electrons. The number of hydrogen-bond donors (Lipinski definition) is 1. The minimum Gasteiger partial charge on any atom is -0.489 e. The summed E-state index contributed by atoms with van der Waals surface area (Å²) in [6.45, 7) is 5.67. The highest BCUT2D eigenvalue weighted by Crippen LogP contribution is 2.30. The van der Waals surface area contributed by atoms with Crippen LogP contribution in [0.25, 0.3) is 0 Å². The van der Waals surface area contributed by atoms with Gasteiger partial charge in [0.25, 0.3) is 5.91 Å². The number of ether oxygens (including phenoxy) is 1. The Labute approximate surface area is 243 Å². The number of hydrogen-bond acceptors (Lipinski definition) is 4. The number of carbonyl (C=O) groups is 1. The van der Waals surface area contributed by atoms with E-state index in [1.54, 1.807) is 18.2 Å². The van der Waals surface area contributed by atoms with Crippen molar-refractivity contribution in [3.8, 4) is 5.75 Å². The van der Waals surface area contributed by atoms with E-state index in [9.17, 15) is 4.79 Å². The van der Waals surface area contributed by atoms with Gasteiger partial charge in [-0.1, -0.05) is 59.6 Å². The number of nitrogens with zero attached hydrogens (tertiary/aromatic N) is 2. The lowest BCUT2D eigenvalue weighted by molar-refractivity contribution is 0.0937. The average Bonchev–Trinajstić information content (AvgIpc) is 3.35. The quantitative estimate of drug-likeness (QED) is 0.302. The Kier molecular flexibility index (Phi) is 9.29. The minimum absolute atomic E-state index is 0.107. The number of likely N-dealkylation sites (tertiary alicyclic amines) is 2. The number of carbonyl (C=O) groups excluding carboxylic acids is 1. The van der Waals surface area contributed by atoms with Crippen molar-refractivity contribution in [2.45, 2.75) is 44.5 Å². The predicted octanol–water partition coefficient (Wildman–Crippen LogP) is 6.80. The standard InChI is InChI=1S/C30H32BrCl2N3O2/c31-26-16-22(19-36-13-10-24(20-36)34-30(37)23-7-8-27(32)28(33)17-23)6-9-29(26)38-25-11-14-35(15-12-25)18-21-4-2-1-3-5-21/h1-9,16-17,24-25H,10-15,18-20H2,(H,34,37)/t24-/m0/s1. The Morgan fingerprint density at radius 2 is 1.61 bits per heavy atom. The molecule has 8 heteroatoms. The van der Waals surface area contributed by atoms with Crippen LogP contribution >= 0.6 is 39.1 Å². The number of amides is 1. The first kappa shape index (κ1) is 27.5. The van der Waals surface area contributed by atoms with Crippen molar-refractivity contribution in [1.29, 1.82) is 0 Å². The summed E-state index contributed by atoms with van der Waals surface area (Å²) in [6.07, 6.45) is 3.22. The number of halogens is 3. The highest BCUT2D eigenvalue weighted by Gasteiger charge is 2.25. The molecule has 1 atom stereocenters. The Hall–Kier alpha value is -2.09. The van der Waals surface area contributed by atoms with Gasteiger partial charge in [0.15, 0.2) is 0 Å². The van der Waals surface area contributed by atoms with Crippen molar-refractivity contribution in [2.75, 3.05) is 26.2 Å². The number of benzene rings is 3. The molecule has 200 valence electrons. The molecular weight excluding hydrogens is 585 g/mol. The van der Waals surface area contributed by atoms with Gasteiger partial charge in [-0.15, -0.1) is 0 Å². The van der Waals surface area contributed by atoms with E-state index in [4.69, 9.17) is 27.9 Å². The van der Waals surface area contributed by atoms with Crippen LogP contribution in [-0.2, 0) is 13.1 Å². The van der Waals surface area contributed by atoms with Crippen molar-refractivity contribution < 1.29 is 9.53 Å². The Balaban J connectivity index is 1.07. The molecule has 2 aliphatic rings. The lowest BCUT2D eigenvalue weighted by Gasteiger charge is -2.32.